The van der Waals surface area contributed by atoms with Gasteiger partial charge in [-0.1, -0.05) is 45.0 Å². The number of rotatable bonds is 3. The number of H-pyrrole nitrogens is 1. The molecular weight excluding hydrogens is 332 g/mol. The highest BCUT2D eigenvalue weighted by atomic mass is 79.9. The molecule has 6 heteroatoms. The van der Waals surface area contributed by atoms with Crippen LogP contribution in [0.25, 0.3) is 0 Å². The molecule has 1 aromatic carbocycles. The average molecular weight is 349 g/mol. The topological polar surface area (TPSA) is 70.1 Å². The fourth-order valence-corrected chi connectivity index (χ4v) is 1.99. The summed E-state index contributed by atoms with van der Waals surface area (Å²) in [6, 6.07) is 8.20. The maximum atomic E-state index is 11.3. The zero-order valence-electron chi connectivity index (χ0n) is 12.1. The van der Waals surface area contributed by atoms with Crippen LogP contribution in [0.5, 0.6) is 0 Å². The van der Waals surface area contributed by atoms with Crippen molar-refractivity contribution in [1.29, 1.82) is 0 Å². The minimum Gasteiger partial charge on any atom is -0.275 e. The van der Waals surface area contributed by atoms with Gasteiger partial charge in [-0.05, 0) is 32.5 Å². The van der Waals surface area contributed by atoms with Gasteiger partial charge in [-0.3, -0.25) is 10.2 Å². The lowest BCUT2D eigenvalue weighted by atomic mass is 9.87. The van der Waals surface area contributed by atoms with Crippen molar-refractivity contribution in [2.45, 2.75) is 26.2 Å². The molecule has 0 bridgehead atoms. The second-order valence-electron chi connectivity index (χ2n) is 5.67. The molecule has 0 radical (unpaired) electrons. The van der Waals surface area contributed by atoms with Crippen molar-refractivity contribution in [3.8, 4) is 0 Å². The van der Waals surface area contributed by atoms with Gasteiger partial charge in [0.1, 0.15) is 4.47 Å². The number of halogens is 1. The number of hydrogen-bond donors (Lipinski definition) is 2. The van der Waals surface area contributed by atoms with E-state index in [0.717, 1.165) is 5.56 Å². The standard InChI is InChI=1S/C15H17BrN4O/c1-15(2,3)11-6-4-10(5-7-11)8-17-19-12-9-18-20-14(21)13(12)16/h4-9H,1-3H3,(H2,19,20,21)/b17-8+. The van der Waals surface area contributed by atoms with Crippen molar-refractivity contribution < 1.29 is 0 Å². The molecule has 2 aromatic rings. The van der Waals surface area contributed by atoms with Crippen LogP contribution in [0, 0.1) is 0 Å². The van der Waals surface area contributed by atoms with Gasteiger partial charge in [0.05, 0.1) is 18.1 Å². The SMILES string of the molecule is CC(C)(C)c1ccc(/C=N/Nc2cn[nH]c(=O)c2Br)cc1. The van der Waals surface area contributed by atoms with Crippen molar-refractivity contribution in [3.05, 3.63) is 56.4 Å². The molecule has 110 valence electrons. The van der Waals surface area contributed by atoms with Crippen LogP contribution >= 0.6 is 15.9 Å². The van der Waals surface area contributed by atoms with Crippen LogP contribution in [0.3, 0.4) is 0 Å². The number of aromatic amines is 1. The molecule has 0 unspecified atom stereocenters. The number of nitrogens with zero attached hydrogens (tertiary/aromatic N) is 2. The number of hydrogen-bond acceptors (Lipinski definition) is 4. The highest BCUT2D eigenvalue weighted by Crippen LogP contribution is 2.21. The van der Waals surface area contributed by atoms with Gasteiger partial charge in [-0.25, -0.2) is 5.10 Å². The monoisotopic (exact) mass is 348 g/mol. The Labute approximate surface area is 131 Å². The molecule has 0 spiro atoms. The van der Waals surface area contributed by atoms with Crippen LogP contribution in [0.1, 0.15) is 31.9 Å². The smallest absolute Gasteiger partial charge is 0.275 e. The van der Waals surface area contributed by atoms with E-state index in [1.54, 1.807) is 6.21 Å². The van der Waals surface area contributed by atoms with Crippen molar-refractivity contribution in [1.82, 2.24) is 10.2 Å². The van der Waals surface area contributed by atoms with Gasteiger partial charge in [-0.15, -0.1) is 0 Å². The summed E-state index contributed by atoms with van der Waals surface area (Å²) in [5.41, 5.74) is 5.38. The summed E-state index contributed by atoms with van der Waals surface area (Å²) >= 11 is 3.18. The number of nitrogens with one attached hydrogen (secondary N) is 2. The van der Waals surface area contributed by atoms with Crippen molar-refractivity contribution in [3.63, 3.8) is 0 Å². The Morgan fingerprint density at radius 1 is 1.29 bits per heavy atom. The van der Waals surface area contributed by atoms with E-state index in [9.17, 15) is 4.79 Å². The van der Waals surface area contributed by atoms with Crippen LogP contribution < -0.4 is 11.0 Å². The van der Waals surface area contributed by atoms with Gasteiger partial charge >= 0.3 is 0 Å². The molecule has 0 amide bonds. The molecule has 2 rings (SSSR count). The molecule has 0 saturated heterocycles. The Balaban J connectivity index is 2.08. The van der Waals surface area contributed by atoms with E-state index in [2.05, 4.69) is 69.6 Å². The lowest BCUT2D eigenvalue weighted by Crippen LogP contribution is -2.11. The molecule has 1 heterocycles. The third kappa shape index (κ3) is 4.01. The van der Waals surface area contributed by atoms with E-state index in [-0.39, 0.29) is 11.0 Å². The first-order valence-electron chi connectivity index (χ1n) is 6.51. The van der Waals surface area contributed by atoms with Crippen molar-refractivity contribution >= 4 is 27.8 Å². The first-order valence-corrected chi connectivity index (χ1v) is 7.30. The minimum atomic E-state index is -0.301. The van der Waals surface area contributed by atoms with E-state index in [0.29, 0.717) is 10.2 Å². The van der Waals surface area contributed by atoms with Crippen LogP contribution in [-0.4, -0.2) is 16.4 Å². The second kappa shape index (κ2) is 6.22. The largest absolute Gasteiger partial charge is 0.280 e. The van der Waals surface area contributed by atoms with E-state index < -0.39 is 0 Å². The summed E-state index contributed by atoms with van der Waals surface area (Å²) in [4.78, 5) is 11.3. The molecule has 2 N–H and O–H groups in total. The first kappa shape index (κ1) is 15.4. The Morgan fingerprint density at radius 2 is 1.95 bits per heavy atom. The molecular formula is C15H17BrN4O. The van der Waals surface area contributed by atoms with E-state index in [4.69, 9.17) is 0 Å². The van der Waals surface area contributed by atoms with Gasteiger partial charge in [-0.2, -0.15) is 10.2 Å². The fourth-order valence-electron chi connectivity index (χ4n) is 1.71. The summed E-state index contributed by atoms with van der Waals surface area (Å²) in [7, 11) is 0. The summed E-state index contributed by atoms with van der Waals surface area (Å²) in [5, 5.41) is 10.1. The summed E-state index contributed by atoms with van der Waals surface area (Å²) in [6.45, 7) is 6.53. The Bertz CT molecular complexity index is 699. The lowest BCUT2D eigenvalue weighted by Gasteiger charge is -2.18. The maximum absolute atomic E-state index is 11.3. The molecule has 0 saturated carbocycles. The lowest BCUT2D eigenvalue weighted by molar-refractivity contribution is 0.590. The molecule has 0 atom stereocenters. The van der Waals surface area contributed by atoms with Crippen LogP contribution in [0.4, 0.5) is 5.69 Å². The molecule has 0 aliphatic carbocycles. The van der Waals surface area contributed by atoms with E-state index in [1.165, 1.54) is 11.8 Å². The average Bonchev–Trinajstić information content (AvgIpc) is 2.43. The number of benzene rings is 1. The number of anilines is 1. The van der Waals surface area contributed by atoms with E-state index >= 15 is 0 Å². The molecule has 5 nitrogen and oxygen atoms in total. The van der Waals surface area contributed by atoms with Gasteiger partial charge in [0.25, 0.3) is 5.56 Å². The fraction of sp³-hybridized carbons (Fsp3) is 0.267. The van der Waals surface area contributed by atoms with Crippen molar-refractivity contribution in [2.24, 2.45) is 5.10 Å². The zero-order chi connectivity index (χ0) is 15.5. The molecule has 0 aliphatic rings. The normalized spacial score (nSPS) is 11.8. The quantitative estimate of drug-likeness (QED) is 0.660. The van der Waals surface area contributed by atoms with Gasteiger partial charge in [0, 0.05) is 0 Å². The Kier molecular flexibility index (Phi) is 4.57. The summed E-state index contributed by atoms with van der Waals surface area (Å²) < 4.78 is 0.373. The Hall–Kier alpha value is -1.95. The van der Waals surface area contributed by atoms with Gasteiger partial charge < -0.3 is 0 Å². The third-order valence-corrected chi connectivity index (χ3v) is 3.76. The maximum Gasteiger partial charge on any atom is 0.280 e. The van der Waals surface area contributed by atoms with Crippen LogP contribution in [0.2, 0.25) is 0 Å². The van der Waals surface area contributed by atoms with Crippen LogP contribution in [-0.2, 0) is 5.41 Å². The van der Waals surface area contributed by atoms with Gasteiger partial charge in [0.15, 0.2) is 0 Å². The van der Waals surface area contributed by atoms with Gasteiger partial charge in [0.2, 0.25) is 0 Å². The summed E-state index contributed by atoms with van der Waals surface area (Å²) in [5.74, 6) is 0. The first-order chi connectivity index (χ1) is 9.88. The molecule has 1 aromatic heterocycles. The zero-order valence-corrected chi connectivity index (χ0v) is 13.7. The predicted octanol–water partition coefficient (Wildman–Crippen LogP) is 3.28. The second-order valence-corrected chi connectivity index (χ2v) is 6.46. The third-order valence-electron chi connectivity index (χ3n) is 2.97. The highest BCUT2D eigenvalue weighted by molar-refractivity contribution is 9.10. The minimum absolute atomic E-state index is 0.134. The van der Waals surface area contributed by atoms with Crippen molar-refractivity contribution in [2.75, 3.05) is 5.43 Å². The van der Waals surface area contributed by atoms with E-state index in [1.807, 2.05) is 12.1 Å². The van der Waals surface area contributed by atoms with Crippen LogP contribution in [0.15, 0.2) is 44.8 Å². The molecule has 0 aliphatic heterocycles. The molecule has 21 heavy (non-hydrogen) atoms. The summed E-state index contributed by atoms with van der Waals surface area (Å²) in [6.07, 6.45) is 3.19. The Morgan fingerprint density at radius 3 is 2.57 bits per heavy atom. The molecule has 0 fully saturated rings. The predicted molar refractivity (Wildman–Crippen MR) is 88.9 cm³/mol. The number of aromatic nitrogens is 2. The number of hydrazone groups is 1. The highest BCUT2D eigenvalue weighted by Gasteiger charge is 2.12.